The summed E-state index contributed by atoms with van der Waals surface area (Å²) in [6, 6.07) is 1.30. The summed E-state index contributed by atoms with van der Waals surface area (Å²) in [4.78, 5) is 42.6. The van der Waals surface area contributed by atoms with Crippen LogP contribution in [-0.4, -0.2) is 63.9 Å². The summed E-state index contributed by atoms with van der Waals surface area (Å²) < 4.78 is 81.4. The van der Waals surface area contributed by atoms with E-state index in [4.69, 9.17) is 11.6 Å². The maximum absolute atomic E-state index is 13.6. The molecule has 3 rings (SSSR count). The Morgan fingerprint density at radius 1 is 1.21 bits per heavy atom. The smallest absolute Gasteiger partial charge is 0.389 e. The predicted molar refractivity (Wildman–Crippen MR) is 131 cm³/mol. The first-order valence-electron chi connectivity index (χ1n) is 11.4. The fourth-order valence-electron chi connectivity index (χ4n) is 4.06. The highest BCUT2D eigenvalue weighted by Gasteiger charge is 2.74. The van der Waals surface area contributed by atoms with Crippen LogP contribution in [0.3, 0.4) is 0 Å². The van der Waals surface area contributed by atoms with E-state index in [0.717, 1.165) is 6.07 Å². The zero-order chi connectivity index (χ0) is 29.6. The van der Waals surface area contributed by atoms with Crippen LogP contribution < -0.4 is 5.32 Å². The topological polar surface area (TPSA) is 112 Å². The summed E-state index contributed by atoms with van der Waals surface area (Å²) in [7, 11) is 0. The van der Waals surface area contributed by atoms with Crippen LogP contribution >= 0.6 is 22.9 Å². The molecule has 39 heavy (non-hydrogen) atoms. The number of aromatic nitrogens is 1. The number of nitrogens with zero attached hydrogens (tertiary/aromatic N) is 3. The number of rotatable bonds is 7. The van der Waals surface area contributed by atoms with Gasteiger partial charge in [-0.25, -0.2) is 4.98 Å². The third-order valence-electron chi connectivity index (χ3n) is 6.11. The molecule has 2 heterocycles. The van der Waals surface area contributed by atoms with Crippen LogP contribution in [0.25, 0.3) is 10.4 Å². The number of hydrogen-bond donors (Lipinski definition) is 2. The van der Waals surface area contributed by atoms with E-state index in [2.05, 4.69) is 10.3 Å². The van der Waals surface area contributed by atoms with Crippen LogP contribution in [0.2, 0.25) is 5.02 Å². The van der Waals surface area contributed by atoms with E-state index in [1.807, 2.05) is 0 Å². The Kier molecular flexibility index (Phi) is 8.40. The van der Waals surface area contributed by atoms with E-state index in [9.17, 15) is 45.9 Å². The van der Waals surface area contributed by atoms with Gasteiger partial charge in [0.15, 0.2) is 5.01 Å². The third-order valence-corrected chi connectivity index (χ3v) is 7.51. The second-order valence-electron chi connectivity index (χ2n) is 9.67. The van der Waals surface area contributed by atoms with Gasteiger partial charge in [0, 0.05) is 35.3 Å². The lowest BCUT2D eigenvalue weighted by Gasteiger charge is -2.31. The number of hydrogen-bond acceptors (Lipinski definition) is 7. The average molecular weight is 601 g/mol. The monoisotopic (exact) mass is 600 g/mol. The summed E-state index contributed by atoms with van der Waals surface area (Å²) in [5.74, 6) is -1.38. The molecular weight excluding hydrogens is 578 g/mol. The Balaban J connectivity index is 2.16. The molecule has 1 aliphatic heterocycles. The van der Waals surface area contributed by atoms with E-state index < -0.39 is 45.9 Å². The van der Waals surface area contributed by atoms with Gasteiger partial charge >= 0.3 is 17.9 Å². The molecule has 8 nitrogen and oxygen atoms in total. The number of likely N-dealkylation sites (tertiary alicyclic amines) is 1. The van der Waals surface area contributed by atoms with Crippen molar-refractivity contribution in [2.45, 2.75) is 63.1 Å². The van der Waals surface area contributed by atoms with E-state index in [-0.39, 0.29) is 33.7 Å². The number of alkyl halides is 6. The van der Waals surface area contributed by atoms with Gasteiger partial charge in [-0.2, -0.15) is 26.3 Å². The minimum absolute atomic E-state index is 0.0762. The SMILES string of the molecule is C[C@H]1CCCN1C(=O)c1nc(C(=O)NCC(C)(C)O)sc1-c1ccc(C(N=O)(C(F)(F)F)C(F)(F)F)cc1Cl. The highest BCUT2D eigenvalue weighted by atomic mass is 35.5. The molecule has 0 spiro atoms. The predicted octanol–water partition coefficient (Wildman–Crippen LogP) is 5.68. The Morgan fingerprint density at radius 2 is 1.82 bits per heavy atom. The number of nitrogens with one attached hydrogen (secondary N) is 1. The maximum Gasteiger partial charge on any atom is 0.430 e. The Morgan fingerprint density at radius 3 is 2.28 bits per heavy atom. The quantitative estimate of drug-likeness (QED) is 0.314. The maximum atomic E-state index is 13.6. The lowest BCUT2D eigenvalue weighted by molar-refractivity contribution is -0.301. The van der Waals surface area contributed by atoms with Crippen LogP contribution in [-0.2, 0) is 5.54 Å². The lowest BCUT2D eigenvalue weighted by Crippen LogP contribution is -2.52. The van der Waals surface area contributed by atoms with Gasteiger partial charge in [0.25, 0.3) is 11.8 Å². The van der Waals surface area contributed by atoms with Gasteiger partial charge < -0.3 is 15.3 Å². The van der Waals surface area contributed by atoms with Crippen molar-refractivity contribution in [3.05, 3.63) is 44.4 Å². The van der Waals surface area contributed by atoms with Gasteiger partial charge in [-0.3, -0.25) is 9.59 Å². The van der Waals surface area contributed by atoms with Gasteiger partial charge in [0.2, 0.25) is 0 Å². The van der Waals surface area contributed by atoms with Crippen LogP contribution in [0, 0.1) is 4.91 Å². The number of aliphatic hydroxyl groups is 1. The molecule has 1 aliphatic rings. The molecule has 2 aromatic rings. The van der Waals surface area contributed by atoms with Crippen molar-refractivity contribution in [3.8, 4) is 10.4 Å². The number of amides is 2. The molecule has 214 valence electrons. The summed E-state index contributed by atoms with van der Waals surface area (Å²) in [5.41, 5.74) is -8.39. The number of carbonyl (C=O) groups is 2. The number of nitroso groups, excluding NO2 is 1. The first kappa shape index (κ1) is 30.8. The first-order chi connectivity index (χ1) is 17.8. The van der Waals surface area contributed by atoms with Gasteiger partial charge in [-0.1, -0.05) is 23.7 Å². The summed E-state index contributed by atoms with van der Waals surface area (Å²) >= 11 is 6.78. The highest BCUT2D eigenvalue weighted by molar-refractivity contribution is 7.17. The van der Waals surface area contributed by atoms with E-state index >= 15 is 0 Å². The number of benzene rings is 1. The second kappa shape index (κ2) is 10.7. The van der Waals surface area contributed by atoms with Gasteiger partial charge in [-0.15, -0.1) is 16.2 Å². The Bertz CT molecular complexity index is 1260. The third kappa shape index (κ3) is 5.89. The molecular formula is C23H23ClF6N4O4S. The Labute approximate surface area is 227 Å². The fourth-order valence-corrected chi connectivity index (χ4v) is 5.40. The number of carbonyl (C=O) groups excluding carboxylic acids is 2. The standard InChI is InChI=1S/C23H23ClF6N4O4S/c1-11-5-4-8-34(11)19(36)15-16(39-18(32-15)17(35)31-10-20(2,3)37)13-7-6-12(9-14(13)24)21(33-38,22(25,26)27)23(28,29)30/h6-7,9,11,37H,4-5,8,10H2,1-3H3,(H,31,35)/t11-/m0/s1. The Hall–Kier alpha value is -2.78. The van der Waals surface area contributed by atoms with Gasteiger partial charge in [0.05, 0.1) is 10.5 Å². The molecule has 0 unspecified atom stereocenters. The number of thiazole rings is 1. The molecule has 0 saturated carbocycles. The van der Waals surface area contributed by atoms with Crippen LogP contribution in [0.1, 0.15) is 59.5 Å². The van der Waals surface area contributed by atoms with Gasteiger partial charge in [-0.05, 0) is 44.9 Å². The molecule has 0 radical (unpaired) electrons. The van der Waals surface area contributed by atoms with Crippen LogP contribution in [0.5, 0.6) is 0 Å². The van der Waals surface area contributed by atoms with Gasteiger partial charge in [0.1, 0.15) is 5.69 Å². The first-order valence-corrected chi connectivity index (χ1v) is 12.6. The molecule has 1 fully saturated rings. The van der Waals surface area contributed by atoms with Crippen molar-refractivity contribution < 1.29 is 41.0 Å². The average Bonchev–Trinajstić information content (AvgIpc) is 3.42. The van der Waals surface area contributed by atoms with E-state index in [1.54, 1.807) is 6.92 Å². The summed E-state index contributed by atoms with van der Waals surface area (Å²) in [5, 5.41) is 12.8. The molecule has 2 amide bonds. The molecule has 1 aromatic heterocycles. The highest BCUT2D eigenvalue weighted by Crippen LogP contribution is 2.54. The van der Waals surface area contributed by atoms with Crippen molar-refractivity contribution >= 4 is 34.8 Å². The molecule has 0 bridgehead atoms. The summed E-state index contributed by atoms with van der Waals surface area (Å²) in [6.07, 6.45) is -10.9. The molecule has 16 heteroatoms. The van der Waals surface area contributed by atoms with Crippen molar-refractivity contribution in [1.82, 2.24) is 15.2 Å². The molecule has 1 aromatic carbocycles. The van der Waals surface area contributed by atoms with Crippen LogP contribution in [0.4, 0.5) is 26.3 Å². The molecule has 1 atom stereocenters. The second-order valence-corrected chi connectivity index (χ2v) is 11.1. The van der Waals surface area contributed by atoms with Crippen molar-refractivity contribution in [1.29, 1.82) is 0 Å². The lowest BCUT2D eigenvalue weighted by atomic mass is 9.88. The number of halogens is 7. The minimum atomic E-state index is -6.14. The van der Waals surface area contributed by atoms with E-state index in [0.29, 0.717) is 42.9 Å². The normalized spacial score (nSPS) is 16.9. The zero-order valence-corrected chi connectivity index (χ0v) is 22.3. The molecule has 0 aliphatic carbocycles. The summed E-state index contributed by atoms with van der Waals surface area (Å²) in [6.45, 7) is 4.84. The zero-order valence-electron chi connectivity index (χ0n) is 20.7. The van der Waals surface area contributed by atoms with Crippen LogP contribution in [0.15, 0.2) is 23.4 Å². The minimum Gasteiger partial charge on any atom is -0.389 e. The fraction of sp³-hybridized carbons (Fsp3) is 0.522. The van der Waals surface area contributed by atoms with Crippen molar-refractivity contribution in [2.75, 3.05) is 13.1 Å². The van der Waals surface area contributed by atoms with Crippen molar-refractivity contribution in [2.24, 2.45) is 5.18 Å². The van der Waals surface area contributed by atoms with Crippen molar-refractivity contribution in [3.63, 3.8) is 0 Å². The molecule has 1 saturated heterocycles. The van der Waals surface area contributed by atoms with E-state index in [1.165, 1.54) is 23.9 Å². The molecule has 2 N–H and O–H groups in total. The largest absolute Gasteiger partial charge is 0.430 e.